The number of aliphatic hydroxyl groups is 1. The van der Waals surface area contributed by atoms with Crippen molar-refractivity contribution in [2.24, 2.45) is 0 Å². The highest BCUT2D eigenvalue weighted by Gasteiger charge is 2.14. The fourth-order valence-corrected chi connectivity index (χ4v) is 2.12. The normalized spacial score (nSPS) is 13.7. The summed E-state index contributed by atoms with van der Waals surface area (Å²) < 4.78 is 24.6. The summed E-state index contributed by atoms with van der Waals surface area (Å²) in [4.78, 5) is 10.2. The molecular weight excluding hydrogens is 222 g/mol. The van der Waals surface area contributed by atoms with Gasteiger partial charge in [-0.2, -0.15) is 0 Å². The molecule has 0 aliphatic rings. The van der Waals surface area contributed by atoms with Crippen LogP contribution in [0.3, 0.4) is 0 Å². The van der Waals surface area contributed by atoms with E-state index in [4.69, 9.17) is 10.2 Å². The van der Waals surface area contributed by atoms with E-state index in [0.29, 0.717) is 6.42 Å². The Bertz CT molecular complexity index is 287. The first kappa shape index (κ1) is 14.3. The van der Waals surface area contributed by atoms with Crippen molar-refractivity contribution < 1.29 is 23.4 Å². The SMILES string of the molecule is CCCCS(=O)(=O)NCCC(O)C(=O)O. The average Bonchev–Trinajstić information content (AvgIpc) is 2.14. The molecule has 15 heavy (non-hydrogen) atoms. The molecule has 0 aromatic carbocycles. The van der Waals surface area contributed by atoms with Gasteiger partial charge in [0, 0.05) is 6.54 Å². The fourth-order valence-electron chi connectivity index (χ4n) is 0.881. The van der Waals surface area contributed by atoms with E-state index in [1.807, 2.05) is 6.92 Å². The monoisotopic (exact) mass is 239 g/mol. The molecule has 0 aromatic rings. The van der Waals surface area contributed by atoms with Gasteiger partial charge in [0.25, 0.3) is 0 Å². The molecule has 0 radical (unpaired) electrons. The zero-order chi connectivity index (χ0) is 11.9. The largest absolute Gasteiger partial charge is 0.479 e. The fraction of sp³-hybridized carbons (Fsp3) is 0.875. The Hall–Kier alpha value is -0.660. The Kier molecular flexibility index (Phi) is 6.46. The molecule has 0 aliphatic carbocycles. The summed E-state index contributed by atoms with van der Waals surface area (Å²) in [6.07, 6.45) is -0.297. The molecule has 0 aromatic heterocycles. The van der Waals surface area contributed by atoms with E-state index in [1.165, 1.54) is 0 Å². The van der Waals surface area contributed by atoms with Crippen LogP contribution < -0.4 is 4.72 Å². The lowest BCUT2D eigenvalue weighted by Gasteiger charge is -2.07. The molecule has 0 fully saturated rings. The number of carbonyl (C=O) groups is 1. The second kappa shape index (κ2) is 6.76. The zero-order valence-electron chi connectivity index (χ0n) is 8.64. The lowest BCUT2D eigenvalue weighted by molar-refractivity contribution is -0.146. The highest BCUT2D eigenvalue weighted by atomic mass is 32.2. The van der Waals surface area contributed by atoms with Gasteiger partial charge in [0.1, 0.15) is 0 Å². The van der Waals surface area contributed by atoms with E-state index in [9.17, 15) is 13.2 Å². The molecule has 3 N–H and O–H groups in total. The number of aliphatic hydroxyl groups excluding tert-OH is 1. The van der Waals surface area contributed by atoms with Crippen LogP contribution in [0.5, 0.6) is 0 Å². The molecule has 0 spiro atoms. The van der Waals surface area contributed by atoms with E-state index in [2.05, 4.69) is 4.72 Å². The van der Waals surface area contributed by atoms with Crippen molar-refractivity contribution in [3.8, 4) is 0 Å². The van der Waals surface area contributed by atoms with E-state index in [-0.39, 0.29) is 18.7 Å². The first-order chi connectivity index (χ1) is 6.89. The topological polar surface area (TPSA) is 104 Å². The van der Waals surface area contributed by atoms with Crippen LogP contribution in [0, 0.1) is 0 Å². The van der Waals surface area contributed by atoms with E-state index >= 15 is 0 Å². The lowest BCUT2D eigenvalue weighted by Crippen LogP contribution is -2.31. The Morgan fingerprint density at radius 1 is 1.47 bits per heavy atom. The summed E-state index contributed by atoms with van der Waals surface area (Å²) in [7, 11) is -3.32. The number of rotatable bonds is 8. The molecule has 0 aliphatic heterocycles. The van der Waals surface area contributed by atoms with Crippen LogP contribution in [0.25, 0.3) is 0 Å². The maximum absolute atomic E-state index is 11.2. The van der Waals surface area contributed by atoms with Gasteiger partial charge < -0.3 is 10.2 Å². The molecule has 7 heteroatoms. The quantitative estimate of drug-likeness (QED) is 0.532. The van der Waals surface area contributed by atoms with Gasteiger partial charge in [0.15, 0.2) is 6.10 Å². The minimum absolute atomic E-state index is 0.0344. The Balaban J connectivity index is 3.80. The van der Waals surface area contributed by atoms with Gasteiger partial charge in [-0.15, -0.1) is 0 Å². The molecule has 90 valence electrons. The van der Waals surface area contributed by atoms with Gasteiger partial charge in [0.2, 0.25) is 10.0 Å². The van der Waals surface area contributed by atoms with Crippen LogP contribution >= 0.6 is 0 Å². The predicted octanol–water partition coefficient (Wildman–Crippen LogP) is -0.458. The summed E-state index contributed by atoms with van der Waals surface area (Å²) in [6.45, 7) is 1.82. The molecule has 0 saturated carbocycles. The summed E-state index contributed by atoms with van der Waals surface area (Å²) in [6, 6.07) is 0. The minimum atomic E-state index is -3.32. The van der Waals surface area contributed by atoms with Crippen molar-refractivity contribution in [1.29, 1.82) is 0 Å². The Labute approximate surface area is 89.4 Å². The van der Waals surface area contributed by atoms with Crippen molar-refractivity contribution in [2.45, 2.75) is 32.3 Å². The van der Waals surface area contributed by atoms with Crippen molar-refractivity contribution >= 4 is 16.0 Å². The summed E-state index contributed by atoms with van der Waals surface area (Å²) >= 11 is 0. The van der Waals surface area contributed by atoms with E-state index in [0.717, 1.165) is 6.42 Å². The predicted molar refractivity (Wildman–Crippen MR) is 55.0 cm³/mol. The molecule has 0 amide bonds. The molecule has 0 bridgehead atoms. The van der Waals surface area contributed by atoms with Crippen molar-refractivity contribution in [3.63, 3.8) is 0 Å². The molecule has 0 saturated heterocycles. The molecule has 0 rings (SSSR count). The second-order valence-corrected chi connectivity index (χ2v) is 5.14. The molecule has 0 heterocycles. The number of sulfonamides is 1. The summed E-state index contributed by atoms with van der Waals surface area (Å²) in [5.74, 6) is -1.31. The number of hydrogen-bond donors (Lipinski definition) is 3. The van der Waals surface area contributed by atoms with Crippen LogP contribution in [-0.4, -0.2) is 43.0 Å². The van der Waals surface area contributed by atoms with Crippen LogP contribution in [0.4, 0.5) is 0 Å². The zero-order valence-corrected chi connectivity index (χ0v) is 9.46. The highest BCUT2D eigenvalue weighted by Crippen LogP contribution is 1.95. The molecule has 1 atom stereocenters. The van der Waals surface area contributed by atoms with Gasteiger partial charge in [0.05, 0.1) is 5.75 Å². The van der Waals surface area contributed by atoms with E-state index in [1.54, 1.807) is 0 Å². The first-order valence-electron chi connectivity index (χ1n) is 4.77. The van der Waals surface area contributed by atoms with Gasteiger partial charge >= 0.3 is 5.97 Å². The average molecular weight is 239 g/mol. The number of aliphatic carboxylic acids is 1. The van der Waals surface area contributed by atoms with Crippen LogP contribution in [-0.2, 0) is 14.8 Å². The van der Waals surface area contributed by atoms with Crippen molar-refractivity contribution in [2.75, 3.05) is 12.3 Å². The van der Waals surface area contributed by atoms with Crippen molar-refractivity contribution in [1.82, 2.24) is 4.72 Å². The number of hydrogen-bond acceptors (Lipinski definition) is 4. The van der Waals surface area contributed by atoms with Gasteiger partial charge in [-0.1, -0.05) is 13.3 Å². The highest BCUT2D eigenvalue weighted by molar-refractivity contribution is 7.89. The lowest BCUT2D eigenvalue weighted by atomic mass is 10.3. The molecule has 1 unspecified atom stereocenters. The molecule has 6 nitrogen and oxygen atoms in total. The number of carboxylic acids is 1. The third-order valence-electron chi connectivity index (χ3n) is 1.79. The Morgan fingerprint density at radius 3 is 2.53 bits per heavy atom. The van der Waals surface area contributed by atoms with Gasteiger partial charge in [-0.3, -0.25) is 0 Å². The molecular formula is C8H17NO5S. The first-order valence-corrected chi connectivity index (χ1v) is 6.42. The third kappa shape index (κ3) is 7.29. The second-order valence-electron chi connectivity index (χ2n) is 3.21. The smallest absolute Gasteiger partial charge is 0.332 e. The van der Waals surface area contributed by atoms with Gasteiger partial charge in [-0.05, 0) is 12.8 Å². The number of nitrogens with one attached hydrogen (secondary N) is 1. The van der Waals surface area contributed by atoms with Gasteiger partial charge in [-0.25, -0.2) is 17.9 Å². The van der Waals surface area contributed by atoms with Crippen molar-refractivity contribution in [3.05, 3.63) is 0 Å². The van der Waals surface area contributed by atoms with Crippen LogP contribution in [0.1, 0.15) is 26.2 Å². The van der Waals surface area contributed by atoms with Crippen LogP contribution in [0.2, 0.25) is 0 Å². The number of carboxylic acid groups (broad SMARTS) is 1. The maximum atomic E-state index is 11.2. The summed E-state index contributed by atoms with van der Waals surface area (Å²) in [5, 5.41) is 17.2. The third-order valence-corrected chi connectivity index (χ3v) is 3.26. The standard InChI is InChI=1S/C8H17NO5S/c1-2-3-6-15(13,14)9-5-4-7(10)8(11)12/h7,9-10H,2-6H2,1H3,(H,11,12). The minimum Gasteiger partial charge on any atom is -0.479 e. The van der Waals surface area contributed by atoms with Crippen LogP contribution in [0.15, 0.2) is 0 Å². The van der Waals surface area contributed by atoms with E-state index < -0.39 is 22.1 Å². The Morgan fingerprint density at radius 2 is 2.07 bits per heavy atom. The number of unbranched alkanes of at least 4 members (excludes halogenated alkanes) is 1. The maximum Gasteiger partial charge on any atom is 0.332 e. The summed E-state index contributed by atoms with van der Waals surface area (Å²) in [5.41, 5.74) is 0.